The number of carbonyl (C=O) groups excluding carboxylic acids is 1. The number of anilines is 2. The van der Waals surface area contributed by atoms with Gasteiger partial charge in [-0.1, -0.05) is 13.0 Å². The Kier molecular flexibility index (Phi) is 6.83. The summed E-state index contributed by atoms with van der Waals surface area (Å²) in [5.41, 5.74) is 6.37. The summed E-state index contributed by atoms with van der Waals surface area (Å²) in [6.45, 7) is 11.8. The second-order valence-corrected chi connectivity index (χ2v) is 9.15. The van der Waals surface area contributed by atoms with E-state index in [1.165, 1.54) is 11.3 Å². The number of hydrogen-bond acceptors (Lipinski definition) is 5. The van der Waals surface area contributed by atoms with Crippen molar-refractivity contribution in [2.24, 2.45) is 0 Å². The maximum atomic E-state index is 12.5. The molecule has 0 radical (unpaired) electrons. The Labute approximate surface area is 188 Å². The largest absolute Gasteiger partial charge is 0.369 e. The number of fused-ring (bicyclic) bond motifs is 1. The quantitative estimate of drug-likeness (QED) is 0.606. The first kappa shape index (κ1) is 21.7. The maximum absolute atomic E-state index is 12.5. The summed E-state index contributed by atoms with van der Waals surface area (Å²) in [4.78, 5) is 22.0. The van der Waals surface area contributed by atoms with Gasteiger partial charge in [-0.15, -0.1) is 11.8 Å². The number of benzene rings is 1. The molecule has 0 saturated carbocycles. The number of rotatable bonds is 7. The van der Waals surface area contributed by atoms with Crippen LogP contribution in [0.2, 0.25) is 0 Å². The molecular weight excluding hydrogens is 406 g/mol. The van der Waals surface area contributed by atoms with Crippen LogP contribution >= 0.6 is 11.8 Å². The van der Waals surface area contributed by atoms with Crippen molar-refractivity contribution in [2.45, 2.75) is 26.5 Å². The van der Waals surface area contributed by atoms with Gasteiger partial charge < -0.3 is 19.5 Å². The minimum absolute atomic E-state index is 0.0250. The zero-order valence-electron chi connectivity index (χ0n) is 18.6. The van der Waals surface area contributed by atoms with Gasteiger partial charge in [-0.05, 0) is 55.8 Å². The molecule has 2 aromatic heterocycles. The first-order valence-electron chi connectivity index (χ1n) is 10.9. The van der Waals surface area contributed by atoms with Crippen LogP contribution in [0.25, 0.3) is 5.65 Å². The van der Waals surface area contributed by atoms with Gasteiger partial charge in [0.15, 0.2) is 0 Å². The summed E-state index contributed by atoms with van der Waals surface area (Å²) < 4.78 is 2.04. The first-order valence-corrected chi connectivity index (χ1v) is 12.1. The molecule has 4 rings (SSSR count). The minimum Gasteiger partial charge on any atom is -0.369 e. The fourth-order valence-electron chi connectivity index (χ4n) is 3.97. The van der Waals surface area contributed by atoms with E-state index in [0.717, 1.165) is 61.1 Å². The van der Waals surface area contributed by atoms with Crippen LogP contribution in [0, 0.1) is 13.8 Å². The molecule has 0 bridgehead atoms. The SMILES string of the molecule is CCN1CCN(c2ccc(NC(=O)CSCc3cn4cc(C)ccc4n3)c(C)c2)CC1. The molecule has 1 saturated heterocycles. The van der Waals surface area contributed by atoms with Gasteiger partial charge in [0.2, 0.25) is 5.91 Å². The third kappa shape index (κ3) is 5.40. The molecule has 6 nitrogen and oxygen atoms in total. The number of likely N-dealkylation sites (N-methyl/N-ethyl adjacent to an activating group) is 1. The highest BCUT2D eigenvalue weighted by Gasteiger charge is 2.16. The topological polar surface area (TPSA) is 52.9 Å². The van der Waals surface area contributed by atoms with Crippen LogP contribution in [-0.2, 0) is 10.5 Å². The van der Waals surface area contributed by atoms with E-state index in [2.05, 4.69) is 65.3 Å². The van der Waals surface area contributed by atoms with Crippen molar-refractivity contribution in [2.75, 3.05) is 48.7 Å². The normalized spacial score (nSPS) is 14.9. The molecule has 0 aliphatic carbocycles. The van der Waals surface area contributed by atoms with E-state index in [9.17, 15) is 4.79 Å². The molecule has 0 unspecified atom stereocenters. The highest BCUT2D eigenvalue weighted by molar-refractivity contribution is 7.99. The maximum Gasteiger partial charge on any atom is 0.234 e. The van der Waals surface area contributed by atoms with E-state index in [1.54, 1.807) is 11.8 Å². The fourth-order valence-corrected chi connectivity index (χ4v) is 4.67. The lowest BCUT2D eigenvalue weighted by atomic mass is 10.1. The highest BCUT2D eigenvalue weighted by atomic mass is 32.2. The Morgan fingerprint density at radius 1 is 1.10 bits per heavy atom. The van der Waals surface area contributed by atoms with Crippen LogP contribution in [0.5, 0.6) is 0 Å². The first-order chi connectivity index (χ1) is 15.0. The molecule has 1 N–H and O–H groups in total. The molecule has 31 heavy (non-hydrogen) atoms. The van der Waals surface area contributed by atoms with Crippen LogP contribution in [0.15, 0.2) is 42.7 Å². The van der Waals surface area contributed by atoms with Crippen LogP contribution in [-0.4, -0.2) is 58.7 Å². The zero-order chi connectivity index (χ0) is 21.8. The molecule has 1 fully saturated rings. The predicted molar refractivity (Wildman–Crippen MR) is 130 cm³/mol. The molecule has 1 aliphatic heterocycles. The van der Waals surface area contributed by atoms with Crippen molar-refractivity contribution >= 4 is 34.7 Å². The Morgan fingerprint density at radius 3 is 2.65 bits per heavy atom. The van der Waals surface area contributed by atoms with Gasteiger partial charge in [0.05, 0.1) is 11.4 Å². The van der Waals surface area contributed by atoms with Gasteiger partial charge in [0, 0.05) is 55.7 Å². The number of amides is 1. The average Bonchev–Trinajstić information content (AvgIpc) is 3.17. The van der Waals surface area contributed by atoms with Crippen molar-refractivity contribution in [3.8, 4) is 0 Å². The number of nitrogens with one attached hydrogen (secondary N) is 1. The number of piperazine rings is 1. The number of thioether (sulfide) groups is 1. The molecule has 3 heterocycles. The van der Waals surface area contributed by atoms with Crippen LogP contribution < -0.4 is 10.2 Å². The number of imidazole rings is 1. The van der Waals surface area contributed by atoms with Crippen LogP contribution in [0.1, 0.15) is 23.7 Å². The molecule has 3 aromatic rings. The number of aromatic nitrogens is 2. The summed E-state index contributed by atoms with van der Waals surface area (Å²) >= 11 is 1.59. The summed E-state index contributed by atoms with van der Waals surface area (Å²) in [5.74, 6) is 1.15. The molecule has 1 amide bonds. The molecule has 1 aliphatic rings. The van der Waals surface area contributed by atoms with E-state index in [1.807, 2.05) is 22.7 Å². The van der Waals surface area contributed by atoms with Crippen LogP contribution in [0.4, 0.5) is 11.4 Å². The summed E-state index contributed by atoms with van der Waals surface area (Å²) in [5, 5.41) is 3.06. The highest BCUT2D eigenvalue weighted by Crippen LogP contribution is 2.24. The smallest absolute Gasteiger partial charge is 0.234 e. The van der Waals surface area contributed by atoms with E-state index in [-0.39, 0.29) is 5.91 Å². The van der Waals surface area contributed by atoms with E-state index in [0.29, 0.717) is 5.75 Å². The minimum atomic E-state index is 0.0250. The second-order valence-electron chi connectivity index (χ2n) is 8.17. The fraction of sp³-hybridized carbons (Fsp3) is 0.417. The van der Waals surface area contributed by atoms with E-state index in [4.69, 9.17) is 0 Å². The molecule has 0 spiro atoms. The third-order valence-corrected chi connectivity index (χ3v) is 6.77. The molecular formula is C24H31N5OS. The third-order valence-electron chi connectivity index (χ3n) is 5.80. The summed E-state index contributed by atoms with van der Waals surface area (Å²) in [7, 11) is 0. The van der Waals surface area contributed by atoms with Crippen molar-refractivity contribution in [3.63, 3.8) is 0 Å². The lowest BCUT2D eigenvalue weighted by Gasteiger charge is -2.35. The Balaban J connectivity index is 1.28. The predicted octanol–water partition coefficient (Wildman–Crippen LogP) is 3.96. The number of nitrogens with zero attached hydrogens (tertiary/aromatic N) is 4. The van der Waals surface area contributed by atoms with Gasteiger partial charge in [-0.25, -0.2) is 4.98 Å². The zero-order valence-corrected chi connectivity index (χ0v) is 19.4. The van der Waals surface area contributed by atoms with Gasteiger partial charge in [-0.3, -0.25) is 4.79 Å². The van der Waals surface area contributed by atoms with E-state index < -0.39 is 0 Å². The van der Waals surface area contributed by atoms with Gasteiger partial charge in [0.1, 0.15) is 5.65 Å². The summed E-state index contributed by atoms with van der Waals surface area (Å²) in [6.07, 6.45) is 4.11. The van der Waals surface area contributed by atoms with Crippen molar-refractivity contribution < 1.29 is 4.79 Å². The van der Waals surface area contributed by atoms with Gasteiger partial charge >= 0.3 is 0 Å². The molecule has 1 aromatic carbocycles. The molecule has 164 valence electrons. The Hall–Kier alpha value is -2.51. The molecule has 7 heteroatoms. The monoisotopic (exact) mass is 437 g/mol. The van der Waals surface area contributed by atoms with Crippen LogP contribution in [0.3, 0.4) is 0 Å². The van der Waals surface area contributed by atoms with E-state index >= 15 is 0 Å². The number of carbonyl (C=O) groups is 1. The second kappa shape index (κ2) is 9.75. The number of hydrogen-bond donors (Lipinski definition) is 1. The number of aryl methyl sites for hydroxylation is 2. The Bertz CT molecular complexity index is 1060. The molecule has 0 atom stereocenters. The number of pyridine rings is 1. The lowest BCUT2D eigenvalue weighted by Crippen LogP contribution is -2.46. The standard InChI is InChI=1S/C24H31N5OS/c1-4-27-9-11-28(12-10-27)21-6-7-22(19(3)13-21)26-24(30)17-31-16-20-15-29-14-18(2)5-8-23(29)25-20/h5-8,13-15H,4,9-12,16-17H2,1-3H3,(H,26,30). The van der Waals surface area contributed by atoms with Crippen molar-refractivity contribution in [1.82, 2.24) is 14.3 Å². The van der Waals surface area contributed by atoms with Crippen molar-refractivity contribution in [3.05, 3.63) is 59.5 Å². The summed E-state index contributed by atoms with van der Waals surface area (Å²) in [6, 6.07) is 10.4. The Morgan fingerprint density at radius 2 is 1.90 bits per heavy atom. The van der Waals surface area contributed by atoms with Gasteiger partial charge in [0.25, 0.3) is 0 Å². The average molecular weight is 438 g/mol. The van der Waals surface area contributed by atoms with Gasteiger partial charge in [-0.2, -0.15) is 0 Å². The van der Waals surface area contributed by atoms with Crippen molar-refractivity contribution in [1.29, 1.82) is 0 Å². The lowest BCUT2D eigenvalue weighted by molar-refractivity contribution is -0.113.